The van der Waals surface area contributed by atoms with Crippen LogP contribution in [0.5, 0.6) is 5.75 Å². The summed E-state index contributed by atoms with van der Waals surface area (Å²) in [4.78, 5) is 14.0. The molecular formula is C7H7ClN2O2. The monoisotopic (exact) mass is 186 g/mol. The summed E-state index contributed by atoms with van der Waals surface area (Å²) in [6.45, 7) is -0.149. The number of carbonyl (C=O) groups is 1. The summed E-state index contributed by atoms with van der Waals surface area (Å²) in [5, 5.41) is 0.376. The molecule has 12 heavy (non-hydrogen) atoms. The van der Waals surface area contributed by atoms with Gasteiger partial charge in [-0.25, -0.2) is 4.98 Å². The van der Waals surface area contributed by atoms with E-state index in [2.05, 4.69) is 4.98 Å². The van der Waals surface area contributed by atoms with Gasteiger partial charge in [0, 0.05) is 0 Å². The second kappa shape index (κ2) is 3.92. The van der Waals surface area contributed by atoms with Crippen LogP contribution in [0.15, 0.2) is 18.3 Å². The maximum absolute atomic E-state index is 10.3. The van der Waals surface area contributed by atoms with E-state index in [0.717, 1.165) is 0 Å². The van der Waals surface area contributed by atoms with Crippen LogP contribution in [0.3, 0.4) is 0 Å². The number of amides is 1. The molecule has 1 amide bonds. The molecule has 0 saturated carbocycles. The molecule has 1 aromatic heterocycles. The third-order valence-corrected chi connectivity index (χ3v) is 1.30. The van der Waals surface area contributed by atoms with Gasteiger partial charge in [-0.15, -0.1) is 0 Å². The first kappa shape index (κ1) is 8.80. The van der Waals surface area contributed by atoms with E-state index in [1.807, 2.05) is 0 Å². The molecule has 0 bridgehead atoms. The van der Waals surface area contributed by atoms with Crippen molar-refractivity contribution >= 4 is 17.5 Å². The highest BCUT2D eigenvalue weighted by atomic mass is 35.5. The number of hydrogen-bond donors (Lipinski definition) is 1. The first-order valence-corrected chi connectivity index (χ1v) is 3.59. The molecule has 1 aromatic rings. The fourth-order valence-electron chi connectivity index (χ4n) is 0.602. The van der Waals surface area contributed by atoms with Crippen molar-refractivity contribution in [3.63, 3.8) is 0 Å². The van der Waals surface area contributed by atoms with Crippen LogP contribution in [0.25, 0.3) is 0 Å². The van der Waals surface area contributed by atoms with Gasteiger partial charge >= 0.3 is 0 Å². The lowest BCUT2D eigenvalue weighted by Gasteiger charge is -2.01. The lowest BCUT2D eigenvalue weighted by atomic mass is 10.5. The number of ether oxygens (including phenoxy) is 1. The third kappa shape index (κ3) is 2.75. The van der Waals surface area contributed by atoms with E-state index in [9.17, 15) is 4.79 Å². The van der Waals surface area contributed by atoms with Gasteiger partial charge in [-0.3, -0.25) is 4.79 Å². The van der Waals surface area contributed by atoms with Crippen molar-refractivity contribution in [2.24, 2.45) is 5.73 Å². The zero-order valence-corrected chi connectivity index (χ0v) is 6.91. The molecule has 1 rings (SSSR count). The highest BCUT2D eigenvalue weighted by Gasteiger charge is 1.96. The van der Waals surface area contributed by atoms with Crippen molar-refractivity contribution in [2.45, 2.75) is 0 Å². The molecular weight excluding hydrogens is 180 g/mol. The minimum absolute atomic E-state index is 0.149. The lowest BCUT2D eigenvalue weighted by molar-refractivity contribution is -0.119. The van der Waals surface area contributed by atoms with E-state index in [4.69, 9.17) is 22.1 Å². The molecule has 1 heterocycles. The topological polar surface area (TPSA) is 65.2 Å². The van der Waals surface area contributed by atoms with Gasteiger partial charge in [-0.2, -0.15) is 0 Å². The Morgan fingerprint density at radius 1 is 1.67 bits per heavy atom. The minimum Gasteiger partial charge on any atom is -0.482 e. The first-order valence-electron chi connectivity index (χ1n) is 3.21. The summed E-state index contributed by atoms with van der Waals surface area (Å²) in [5.74, 6) is -0.0526. The average molecular weight is 187 g/mol. The molecule has 0 saturated heterocycles. The quantitative estimate of drug-likeness (QED) is 0.703. The Morgan fingerprint density at radius 3 is 2.92 bits per heavy atom. The Bertz CT molecular complexity index is 273. The van der Waals surface area contributed by atoms with Crippen LogP contribution in [0.1, 0.15) is 0 Å². The third-order valence-electron chi connectivity index (χ3n) is 1.08. The predicted molar refractivity (Wildman–Crippen MR) is 43.9 cm³/mol. The molecule has 0 radical (unpaired) electrons. The number of pyridine rings is 1. The summed E-state index contributed by atoms with van der Waals surface area (Å²) in [6.07, 6.45) is 1.42. The summed E-state index contributed by atoms with van der Waals surface area (Å²) >= 11 is 5.52. The van der Waals surface area contributed by atoms with Crippen molar-refractivity contribution < 1.29 is 9.53 Å². The lowest BCUT2D eigenvalue weighted by Crippen LogP contribution is -2.20. The number of nitrogens with zero attached hydrogens (tertiary/aromatic N) is 1. The van der Waals surface area contributed by atoms with E-state index in [0.29, 0.717) is 10.9 Å². The Kier molecular flexibility index (Phi) is 2.88. The molecule has 0 fully saturated rings. The Morgan fingerprint density at radius 2 is 2.42 bits per heavy atom. The Labute approximate surface area is 74.3 Å². The molecule has 64 valence electrons. The van der Waals surface area contributed by atoms with Gasteiger partial charge in [0.25, 0.3) is 5.91 Å². The average Bonchev–Trinajstić information content (AvgIpc) is 2.03. The Hall–Kier alpha value is -1.29. The van der Waals surface area contributed by atoms with Crippen LogP contribution in [0.2, 0.25) is 5.15 Å². The minimum atomic E-state index is -0.523. The number of nitrogens with two attached hydrogens (primary N) is 1. The maximum atomic E-state index is 10.3. The largest absolute Gasteiger partial charge is 0.482 e. The van der Waals surface area contributed by atoms with Crippen molar-refractivity contribution in [3.05, 3.63) is 23.5 Å². The molecule has 0 atom stereocenters. The van der Waals surface area contributed by atoms with E-state index < -0.39 is 5.91 Å². The van der Waals surface area contributed by atoms with Crippen LogP contribution in [-0.4, -0.2) is 17.5 Å². The van der Waals surface area contributed by atoms with Crippen LogP contribution in [0, 0.1) is 0 Å². The van der Waals surface area contributed by atoms with E-state index >= 15 is 0 Å². The van der Waals surface area contributed by atoms with Crippen molar-refractivity contribution in [1.29, 1.82) is 0 Å². The van der Waals surface area contributed by atoms with E-state index in [1.165, 1.54) is 6.20 Å². The molecule has 0 aromatic carbocycles. The van der Waals surface area contributed by atoms with Crippen molar-refractivity contribution in [2.75, 3.05) is 6.61 Å². The van der Waals surface area contributed by atoms with Crippen molar-refractivity contribution in [3.8, 4) is 5.75 Å². The predicted octanol–water partition coefficient (Wildman–Crippen LogP) is 0.599. The van der Waals surface area contributed by atoms with Gasteiger partial charge in [0.15, 0.2) is 6.61 Å². The normalized spacial score (nSPS) is 9.42. The molecule has 0 aliphatic heterocycles. The second-order valence-electron chi connectivity index (χ2n) is 2.07. The van der Waals surface area contributed by atoms with Crippen LogP contribution >= 0.6 is 11.6 Å². The summed E-state index contributed by atoms with van der Waals surface area (Å²) in [5.41, 5.74) is 4.86. The molecule has 0 aliphatic rings. The number of halogens is 1. The van der Waals surface area contributed by atoms with Crippen LogP contribution < -0.4 is 10.5 Å². The van der Waals surface area contributed by atoms with E-state index in [1.54, 1.807) is 12.1 Å². The van der Waals surface area contributed by atoms with Gasteiger partial charge in [-0.1, -0.05) is 11.6 Å². The summed E-state index contributed by atoms with van der Waals surface area (Å²) < 4.78 is 4.93. The van der Waals surface area contributed by atoms with Gasteiger partial charge in [0.1, 0.15) is 10.9 Å². The molecule has 2 N–H and O–H groups in total. The molecule has 5 heteroatoms. The zero-order chi connectivity index (χ0) is 8.97. The van der Waals surface area contributed by atoms with Crippen LogP contribution in [0.4, 0.5) is 0 Å². The SMILES string of the molecule is NC(=O)COc1ccc(Cl)nc1. The fourth-order valence-corrected chi connectivity index (χ4v) is 0.714. The highest BCUT2D eigenvalue weighted by Crippen LogP contribution is 2.11. The number of aromatic nitrogens is 1. The molecule has 0 spiro atoms. The van der Waals surface area contributed by atoms with Gasteiger partial charge in [0.2, 0.25) is 0 Å². The fraction of sp³-hybridized carbons (Fsp3) is 0.143. The molecule has 0 aliphatic carbocycles. The Balaban J connectivity index is 2.53. The number of hydrogen-bond acceptors (Lipinski definition) is 3. The second-order valence-corrected chi connectivity index (χ2v) is 2.46. The van der Waals surface area contributed by atoms with Crippen LogP contribution in [-0.2, 0) is 4.79 Å². The van der Waals surface area contributed by atoms with E-state index in [-0.39, 0.29) is 6.61 Å². The summed E-state index contributed by atoms with van der Waals surface area (Å²) in [7, 11) is 0. The maximum Gasteiger partial charge on any atom is 0.255 e. The standard InChI is InChI=1S/C7H7ClN2O2/c8-6-2-1-5(3-10-6)12-4-7(9)11/h1-3H,4H2,(H2,9,11). The number of primary amides is 1. The molecule has 4 nitrogen and oxygen atoms in total. The number of rotatable bonds is 3. The van der Waals surface area contributed by atoms with Crippen molar-refractivity contribution in [1.82, 2.24) is 4.98 Å². The van der Waals surface area contributed by atoms with Gasteiger partial charge in [-0.05, 0) is 12.1 Å². The van der Waals surface area contributed by atoms with Gasteiger partial charge in [0.05, 0.1) is 6.20 Å². The molecule has 0 unspecified atom stereocenters. The van der Waals surface area contributed by atoms with Gasteiger partial charge < -0.3 is 10.5 Å². The number of carbonyl (C=O) groups excluding carboxylic acids is 1. The highest BCUT2D eigenvalue weighted by molar-refractivity contribution is 6.29. The summed E-state index contributed by atoms with van der Waals surface area (Å²) in [6, 6.07) is 3.18. The first-order chi connectivity index (χ1) is 5.68. The smallest absolute Gasteiger partial charge is 0.255 e. The zero-order valence-electron chi connectivity index (χ0n) is 6.16.